The molecule has 2 aromatic carbocycles. The number of hydrogen-bond acceptors (Lipinski definition) is 4. The van der Waals surface area contributed by atoms with Crippen LogP contribution >= 0.6 is 0 Å². The van der Waals surface area contributed by atoms with Gasteiger partial charge in [-0.15, -0.1) is 0 Å². The van der Waals surface area contributed by atoms with E-state index in [9.17, 15) is 14.4 Å². The third-order valence-electron chi connectivity index (χ3n) is 4.27. The zero-order valence-corrected chi connectivity index (χ0v) is 13.7. The average Bonchev–Trinajstić information content (AvgIpc) is 2.59. The van der Waals surface area contributed by atoms with Crippen molar-refractivity contribution in [2.24, 2.45) is 5.92 Å². The van der Waals surface area contributed by atoms with Gasteiger partial charge in [0.15, 0.2) is 12.4 Å². The number of hydrogen-bond donors (Lipinski definition) is 1. The molecule has 2 aromatic rings. The normalized spacial score (nSPS) is 13.6. The van der Waals surface area contributed by atoms with Crippen LogP contribution in [-0.2, 0) is 14.3 Å². The number of benzene rings is 2. The van der Waals surface area contributed by atoms with Crippen molar-refractivity contribution in [1.29, 1.82) is 0 Å². The SMILES string of the molecule is O=C(COC(=O)C1CCC1)Nc1ccccc1C(=O)c1ccccc1. The lowest BCUT2D eigenvalue weighted by molar-refractivity contribution is -0.154. The molecule has 0 aromatic heterocycles. The maximum absolute atomic E-state index is 12.6. The molecule has 1 aliphatic rings. The first-order chi connectivity index (χ1) is 12.1. The predicted molar refractivity (Wildman–Crippen MR) is 93.2 cm³/mol. The molecule has 0 bridgehead atoms. The summed E-state index contributed by atoms with van der Waals surface area (Å²) in [5, 5.41) is 2.65. The van der Waals surface area contributed by atoms with Gasteiger partial charge >= 0.3 is 5.97 Å². The molecule has 5 heteroatoms. The van der Waals surface area contributed by atoms with Crippen molar-refractivity contribution in [1.82, 2.24) is 0 Å². The minimum Gasteiger partial charge on any atom is -0.455 e. The summed E-state index contributed by atoms with van der Waals surface area (Å²) >= 11 is 0. The zero-order valence-electron chi connectivity index (χ0n) is 13.7. The molecule has 0 saturated heterocycles. The third kappa shape index (κ3) is 4.12. The Bertz CT molecular complexity index is 781. The van der Waals surface area contributed by atoms with Gasteiger partial charge in [0.05, 0.1) is 11.6 Å². The Labute approximate surface area is 146 Å². The number of carbonyl (C=O) groups excluding carboxylic acids is 3. The van der Waals surface area contributed by atoms with Crippen LogP contribution in [0, 0.1) is 5.92 Å². The van der Waals surface area contributed by atoms with Gasteiger partial charge < -0.3 is 10.1 Å². The number of carbonyl (C=O) groups is 3. The molecule has 1 saturated carbocycles. The van der Waals surface area contributed by atoms with Crippen LogP contribution in [-0.4, -0.2) is 24.3 Å². The highest BCUT2D eigenvalue weighted by Gasteiger charge is 2.27. The van der Waals surface area contributed by atoms with E-state index in [2.05, 4.69) is 5.32 Å². The van der Waals surface area contributed by atoms with Gasteiger partial charge in [0.1, 0.15) is 0 Å². The average molecular weight is 337 g/mol. The summed E-state index contributed by atoms with van der Waals surface area (Å²) < 4.78 is 5.03. The van der Waals surface area contributed by atoms with Crippen molar-refractivity contribution in [3.05, 3.63) is 65.7 Å². The molecule has 0 unspecified atom stereocenters. The second kappa shape index (κ2) is 7.75. The Balaban J connectivity index is 1.65. The Kier molecular flexibility index (Phi) is 5.23. The van der Waals surface area contributed by atoms with E-state index in [4.69, 9.17) is 4.74 Å². The Hall–Kier alpha value is -2.95. The van der Waals surface area contributed by atoms with Crippen LogP contribution in [0.5, 0.6) is 0 Å². The van der Waals surface area contributed by atoms with Gasteiger partial charge in [0, 0.05) is 11.1 Å². The zero-order chi connectivity index (χ0) is 17.6. The van der Waals surface area contributed by atoms with Crippen molar-refractivity contribution in [2.75, 3.05) is 11.9 Å². The molecular formula is C20H19NO4. The van der Waals surface area contributed by atoms with Crippen molar-refractivity contribution in [3.8, 4) is 0 Å². The lowest BCUT2D eigenvalue weighted by Crippen LogP contribution is -2.28. The monoisotopic (exact) mass is 337 g/mol. The molecule has 1 aliphatic carbocycles. The van der Waals surface area contributed by atoms with E-state index >= 15 is 0 Å². The van der Waals surface area contributed by atoms with Gasteiger partial charge in [-0.2, -0.15) is 0 Å². The number of amides is 1. The van der Waals surface area contributed by atoms with E-state index in [-0.39, 0.29) is 24.3 Å². The first kappa shape index (κ1) is 16.9. The number of ketones is 1. The fourth-order valence-electron chi connectivity index (χ4n) is 2.62. The van der Waals surface area contributed by atoms with Gasteiger partial charge in [0.2, 0.25) is 0 Å². The molecule has 5 nitrogen and oxygen atoms in total. The van der Waals surface area contributed by atoms with Crippen LogP contribution < -0.4 is 5.32 Å². The Morgan fingerprint density at radius 1 is 0.960 bits per heavy atom. The van der Waals surface area contributed by atoms with Crippen LogP contribution in [0.3, 0.4) is 0 Å². The summed E-state index contributed by atoms with van der Waals surface area (Å²) in [6.45, 7) is -0.344. The molecule has 128 valence electrons. The van der Waals surface area contributed by atoms with Crippen molar-refractivity contribution >= 4 is 23.3 Å². The molecule has 0 spiro atoms. The van der Waals surface area contributed by atoms with Gasteiger partial charge in [-0.1, -0.05) is 48.9 Å². The lowest BCUT2D eigenvalue weighted by Gasteiger charge is -2.22. The lowest BCUT2D eigenvalue weighted by atomic mass is 9.86. The summed E-state index contributed by atoms with van der Waals surface area (Å²) in [6, 6.07) is 15.6. The van der Waals surface area contributed by atoms with E-state index in [0.717, 1.165) is 19.3 Å². The predicted octanol–water partition coefficient (Wildman–Crippen LogP) is 3.20. The van der Waals surface area contributed by atoms with E-state index in [1.54, 1.807) is 48.5 Å². The summed E-state index contributed by atoms with van der Waals surface area (Å²) in [7, 11) is 0. The van der Waals surface area contributed by atoms with Crippen LogP contribution in [0.4, 0.5) is 5.69 Å². The minimum absolute atomic E-state index is 0.0697. The summed E-state index contributed by atoms with van der Waals surface area (Å²) in [5.41, 5.74) is 1.34. The minimum atomic E-state index is -0.457. The highest BCUT2D eigenvalue weighted by Crippen LogP contribution is 2.27. The van der Waals surface area contributed by atoms with Gasteiger partial charge in [-0.3, -0.25) is 14.4 Å². The smallest absolute Gasteiger partial charge is 0.309 e. The van der Waals surface area contributed by atoms with E-state index in [1.807, 2.05) is 6.07 Å². The fourth-order valence-corrected chi connectivity index (χ4v) is 2.62. The number of esters is 1. The Morgan fingerprint density at radius 2 is 1.64 bits per heavy atom. The molecule has 25 heavy (non-hydrogen) atoms. The van der Waals surface area contributed by atoms with Crippen molar-refractivity contribution in [2.45, 2.75) is 19.3 Å². The Morgan fingerprint density at radius 3 is 2.32 bits per heavy atom. The summed E-state index contributed by atoms with van der Waals surface area (Å²) in [4.78, 5) is 36.4. The molecule has 0 radical (unpaired) electrons. The maximum Gasteiger partial charge on any atom is 0.309 e. The number of rotatable bonds is 6. The van der Waals surface area contributed by atoms with E-state index in [0.29, 0.717) is 16.8 Å². The standard InChI is InChI=1S/C20H19NO4/c22-18(13-25-20(24)15-9-6-10-15)21-17-12-5-4-11-16(17)19(23)14-7-2-1-3-8-14/h1-5,7-8,11-12,15H,6,9-10,13H2,(H,21,22). The molecular weight excluding hydrogens is 318 g/mol. The summed E-state index contributed by atoms with van der Waals surface area (Å²) in [5.74, 6) is -1.03. The first-order valence-corrected chi connectivity index (χ1v) is 8.30. The maximum atomic E-state index is 12.6. The van der Waals surface area contributed by atoms with Crippen LogP contribution in [0.2, 0.25) is 0 Å². The van der Waals surface area contributed by atoms with E-state index < -0.39 is 5.91 Å². The number of nitrogens with one attached hydrogen (secondary N) is 1. The second-order valence-corrected chi connectivity index (χ2v) is 6.02. The van der Waals surface area contributed by atoms with Crippen molar-refractivity contribution in [3.63, 3.8) is 0 Å². The molecule has 0 atom stereocenters. The molecule has 0 heterocycles. The number of anilines is 1. The third-order valence-corrected chi connectivity index (χ3v) is 4.27. The highest BCUT2D eigenvalue weighted by molar-refractivity contribution is 6.13. The number of ether oxygens (including phenoxy) is 1. The first-order valence-electron chi connectivity index (χ1n) is 8.30. The van der Waals surface area contributed by atoms with Crippen LogP contribution in [0.25, 0.3) is 0 Å². The summed E-state index contributed by atoms with van der Waals surface area (Å²) in [6.07, 6.45) is 2.69. The van der Waals surface area contributed by atoms with Gasteiger partial charge in [0.25, 0.3) is 5.91 Å². The topological polar surface area (TPSA) is 72.5 Å². The van der Waals surface area contributed by atoms with Crippen molar-refractivity contribution < 1.29 is 19.1 Å². The number of para-hydroxylation sites is 1. The fraction of sp³-hybridized carbons (Fsp3) is 0.250. The molecule has 1 fully saturated rings. The second-order valence-electron chi connectivity index (χ2n) is 6.02. The van der Waals surface area contributed by atoms with Crippen LogP contribution in [0.1, 0.15) is 35.2 Å². The largest absolute Gasteiger partial charge is 0.455 e. The quantitative estimate of drug-likeness (QED) is 0.649. The van der Waals surface area contributed by atoms with Gasteiger partial charge in [-0.25, -0.2) is 0 Å². The van der Waals surface area contributed by atoms with E-state index in [1.165, 1.54) is 0 Å². The van der Waals surface area contributed by atoms with Gasteiger partial charge in [-0.05, 0) is 25.0 Å². The van der Waals surface area contributed by atoms with Crippen LogP contribution in [0.15, 0.2) is 54.6 Å². The molecule has 1 N–H and O–H groups in total. The molecule has 0 aliphatic heterocycles. The molecule has 3 rings (SSSR count). The molecule has 1 amide bonds. The highest BCUT2D eigenvalue weighted by atomic mass is 16.5.